The summed E-state index contributed by atoms with van der Waals surface area (Å²) in [4.78, 5) is 4.65. The van der Waals surface area contributed by atoms with Crippen LogP contribution in [-0.2, 0) is 6.42 Å². The molecule has 0 radical (unpaired) electrons. The number of likely N-dealkylation sites (N-methyl/N-ethyl adjacent to an activating group) is 1. The molecule has 0 aliphatic rings. The lowest BCUT2D eigenvalue weighted by molar-refractivity contribution is 0.775. The highest BCUT2D eigenvalue weighted by atomic mass is 35.5. The fourth-order valence-corrected chi connectivity index (χ4v) is 1.95. The van der Waals surface area contributed by atoms with Gasteiger partial charge in [0.15, 0.2) is 0 Å². The molecule has 2 nitrogen and oxygen atoms in total. The molecule has 0 bridgehead atoms. The molecule has 2 rings (SSSR count). The minimum absolute atomic E-state index is 0.739. The van der Waals surface area contributed by atoms with Gasteiger partial charge in [-0.25, -0.2) is 0 Å². The maximum absolute atomic E-state index is 5.96. The topological polar surface area (TPSA) is 24.9 Å². The van der Waals surface area contributed by atoms with E-state index in [0.717, 1.165) is 34.6 Å². The maximum atomic E-state index is 5.96. The smallest absolute Gasteiger partial charge is 0.0720 e. The normalized spacial score (nSPS) is 10.9. The highest BCUT2D eigenvalue weighted by Gasteiger charge is 2.03. The first kappa shape index (κ1) is 11.4. The number of hydrogen-bond donors (Lipinski definition) is 1. The van der Waals surface area contributed by atoms with E-state index >= 15 is 0 Å². The Bertz CT molecular complexity index is 509. The van der Waals surface area contributed by atoms with Gasteiger partial charge in [-0.1, -0.05) is 17.7 Å². The van der Waals surface area contributed by atoms with Crippen molar-refractivity contribution in [3.63, 3.8) is 0 Å². The second-order valence-corrected chi connectivity index (χ2v) is 4.38. The molecule has 0 unspecified atom stereocenters. The lowest BCUT2D eigenvalue weighted by Crippen LogP contribution is -2.12. The number of aromatic nitrogens is 1. The summed E-state index contributed by atoms with van der Waals surface area (Å²) < 4.78 is 0. The van der Waals surface area contributed by atoms with Gasteiger partial charge in [0.1, 0.15) is 0 Å². The van der Waals surface area contributed by atoms with Gasteiger partial charge in [-0.15, -0.1) is 0 Å². The molecule has 1 N–H and O–H groups in total. The summed E-state index contributed by atoms with van der Waals surface area (Å²) in [6.45, 7) is 3.05. The standard InChI is InChI=1S/C13H15ClN2/c1-9-7-10-3-4-11(14)8-13(10)16-12(9)5-6-15-2/h3-4,7-8,15H,5-6H2,1-2H3. The molecule has 0 spiro atoms. The van der Waals surface area contributed by atoms with Gasteiger partial charge in [0.25, 0.3) is 0 Å². The predicted molar refractivity (Wildman–Crippen MR) is 69.1 cm³/mol. The van der Waals surface area contributed by atoms with E-state index in [4.69, 9.17) is 11.6 Å². The molecule has 16 heavy (non-hydrogen) atoms. The summed E-state index contributed by atoms with van der Waals surface area (Å²) in [5.74, 6) is 0. The summed E-state index contributed by atoms with van der Waals surface area (Å²) in [6.07, 6.45) is 0.949. The third-order valence-electron chi connectivity index (χ3n) is 2.69. The van der Waals surface area contributed by atoms with Crippen LogP contribution in [0.5, 0.6) is 0 Å². The molecule has 1 aromatic heterocycles. The number of fused-ring (bicyclic) bond motifs is 1. The number of rotatable bonds is 3. The van der Waals surface area contributed by atoms with Crippen LogP contribution >= 0.6 is 11.6 Å². The first-order chi connectivity index (χ1) is 7.70. The Morgan fingerprint density at radius 3 is 2.88 bits per heavy atom. The SMILES string of the molecule is CNCCc1nc2cc(Cl)ccc2cc1C. The summed E-state index contributed by atoms with van der Waals surface area (Å²) in [5.41, 5.74) is 3.36. The van der Waals surface area contributed by atoms with Crippen LogP contribution in [-0.4, -0.2) is 18.6 Å². The molecule has 0 saturated carbocycles. The quantitative estimate of drug-likeness (QED) is 0.883. The van der Waals surface area contributed by atoms with E-state index in [0.29, 0.717) is 0 Å². The Morgan fingerprint density at radius 1 is 1.31 bits per heavy atom. The van der Waals surface area contributed by atoms with Gasteiger partial charge >= 0.3 is 0 Å². The summed E-state index contributed by atoms with van der Waals surface area (Å²) in [6, 6.07) is 8.00. The molecule has 0 aliphatic heterocycles. The second kappa shape index (κ2) is 4.81. The van der Waals surface area contributed by atoms with Gasteiger partial charge < -0.3 is 5.32 Å². The minimum atomic E-state index is 0.739. The zero-order valence-corrected chi connectivity index (χ0v) is 10.3. The number of hydrogen-bond acceptors (Lipinski definition) is 2. The Labute approximate surface area is 101 Å². The largest absolute Gasteiger partial charge is 0.319 e. The first-order valence-corrected chi connectivity index (χ1v) is 5.79. The van der Waals surface area contributed by atoms with Gasteiger partial charge in [-0.05, 0) is 37.7 Å². The molecule has 84 valence electrons. The average molecular weight is 235 g/mol. The van der Waals surface area contributed by atoms with Gasteiger partial charge in [0.2, 0.25) is 0 Å². The lowest BCUT2D eigenvalue weighted by atomic mass is 10.1. The molecule has 1 aromatic carbocycles. The zero-order chi connectivity index (χ0) is 11.5. The van der Waals surface area contributed by atoms with E-state index in [-0.39, 0.29) is 0 Å². The second-order valence-electron chi connectivity index (χ2n) is 3.94. The number of pyridine rings is 1. The molecule has 0 aliphatic carbocycles. The van der Waals surface area contributed by atoms with Crippen molar-refractivity contribution in [1.29, 1.82) is 0 Å². The van der Waals surface area contributed by atoms with Crippen molar-refractivity contribution < 1.29 is 0 Å². The van der Waals surface area contributed by atoms with Gasteiger partial charge in [0.05, 0.1) is 5.52 Å². The Balaban J connectivity index is 2.46. The van der Waals surface area contributed by atoms with Gasteiger partial charge in [-0.2, -0.15) is 0 Å². The number of nitrogens with one attached hydrogen (secondary N) is 1. The molecule has 0 saturated heterocycles. The number of benzene rings is 1. The number of halogens is 1. The fraction of sp³-hybridized carbons (Fsp3) is 0.308. The Morgan fingerprint density at radius 2 is 2.12 bits per heavy atom. The van der Waals surface area contributed by atoms with E-state index in [1.807, 2.05) is 25.2 Å². The number of nitrogens with zero attached hydrogens (tertiary/aromatic N) is 1. The molecular formula is C13H15ClN2. The van der Waals surface area contributed by atoms with E-state index in [1.54, 1.807) is 0 Å². The fourth-order valence-electron chi connectivity index (χ4n) is 1.78. The maximum Gasteiger partial charge on any atom is 0.0720 e. The van der Waals surface area contributed by atoms with Crippen LogP contribution in [0, 0.1) is 6.92 Å². The predicted octanol–water partition coefficient (Wildman–Crippen LogP) is 2.96. The van der Waals surface area contributed by atoms with Crippen molar-refractivity contribution in [3.05, 3.63) is 40.5 Å². The van der Waals surface area contributed by atoms with Gasteiger partial charge in [-0.3, -0.25) is 4.98 Å². The lowest BCUT2D eigenvalue weighted by Gasteiger charge is -2.07. The average Bonchev–Trinajstić information content (AvgIpc) is 2.27. The third-order valence-corrected chi connectivity index (χ3v) is 2.92. The molecular weight excluding hydrogens is 220 g/mol. The molecule has 0 fully saturated rings. The highest BCUT2D eigenvalue weighted by Crippen LogP contribution is 2.20. The van der Waals surface area contributed by atoms with E-state index in [9.17, 15) is 0 Å². The van der Waals surface area contributed by atoms with Crippen LogP contribution in [0.15, 0.2) is 24.3 Å². The molecule has 2 aromatic rings. The van der Waals surface area contributed by atoms with E-state index in [2.05, 4.69) is 23.3 Å². The van der Waals surface area contributed by atoms with E-state index in [1.165, 1.54) is 5.56 Å². The van der Waals surface area contributed by atoms with Crippen LogP contribution in [0.2, 0.25) is 5.02 Å². The molecule has 0 amide bonds. The van der Waals surface area contributed by atoms with Crippen molar-refractivity contribution in [1.82, 2.24) is 10.3 Å². The molecule has 1 heterocycles. The Hall–Kier alpha value is -1.12. The summed E-state index contributed by atoms with van der Waals surface area (Å²) >= 11 is 5.96. The summed E-state index contributed by atoms with van der Waals surface area (Å²) in [7, 11) is 1.95. The van der Waals surface area contributed by atoms with Crippen LogP contribution in [0.1, 0.15) is 11.3 Å². The van der Waals surface area contributed by atoms with Crippen LogP contribution < -0.4 is 5.32 Å². The summed E-state index contributed by atoms with van der Waals surface area (Å²) in [5, 5.41) is 5.02. The van der Waals surface area contributed by atoms with Crippen molar-refractivity contribution in [3.8, 4) is 0 Å². The number of aryl methyl sites for hydroxylation is 1. The van der Waals surface area contributed by atoms with E-state index < -0.39 is 0 Å². The van der Waals surface area contributed by atoms with Crippen LogP contribution in [0.25, 0.3) is 10.9 Å². The van der Waals surface area contributed by atoms with Crippen molar-refractivity contribution in [2.75, 3.05) is 13.6 Å². The van der Waals surface area contributed by atoms with Crippen molar-refractivity contribution in [2.45, 2.75) is 13.3 Å². The van der Waals surface area contributed by atoms with Crippen LogP contribution in [0.3, 0.4) is 0 Å². The minimum Gasteiger partial charge on any atom is -0.319 e. The Kier molecular flexibility index (Phi) is 3.42. The van der Waals surface area contributed by atoms with Gasteiger partial charge in [0, 0.05) is 29.1 Å². The molecule has 3 heteroatoms. The van der Waals surface area contributed by atoms with Crippen molar-refractivity contribution >= 4 is 22.5 Å². The first-order valence-electron chi connectivity index (χ1n) is 5.41. The van der Waals surface area contributed by atoms with Crippen molar-refractivity contribution in [2.24, 2.45) is 0 Å². The third kappa shape index (κ3) is 2.34. The monoisotopic (exact) mass is 234 g/mol. The highest BCUT2D eigenvalue weighted by molar-refractivity contribution is 6.31. The van der Waals surface area contributed by atoms with Crippen LogP contribution in [0.4, 0.5) is 0 Å². The zero-order valence-electron chi connectivity index (χ0n) is 9.55. The molecule has 0 atom stereocenters.